The van der Waals surface area contributed by atoms with Crippen LogP contribution < -0.4 is 9.46 Å². The van der Waals surface area contributed by atoms with E-state index in [2.05, 4.69) is 9.71 Å². The minimum Gasteiger partial charge on any atom is -0.466 e. The van der Waals surface area contributed by atoms with Crippen molar-refractivity contribution in [1.82, 2.24) is 4.72 Å². The highest BCUT2D eigenvalue weighted by molar-refractivity contribution is 7.70. The molecule has 0 aromatic heterocycles. The van der Waals surface area contributed by atoms with Gasteiger partial charge in [0.2, 0.25) is 10.9 Å². The summed E-state index contributed by atoms with van der Waals surface area (Å²) in [4.78, 5) is 4.68. The number of halogens is 1. The summed E-state index contributed by atoms with van der Waals surface area (Å²) in [5.41, 5.74) is 3.16. The Morgan fingerprint density at radius 3 is 2.56 bits per heavy atom. The number of fused-ring (bicyclic) bond motifs is 1. The van der Waals surface area contributed by atoms with Gasteiger partial charge in [-0.3, -0.25) is 0 Å². The molecule has 0 unspecified atom stereocenters. The van der Waals surface area contributed by atoms with Crippen LogP contribution in [0.15, 0.2) is 41.4 Å². The summed E-state index contributed by atoms with van der Waals surface area (Å²) in [7, 11) is -2.66. The molecule has 132 valence electrons. The van der Waals surface area contributed by atoms with Crippen LogP contribution in [0.5, 0.6) is 5.75 Å². The molecular weight excluding hydrogens is 343 g/mol. The van der Waals surface area contributed by atoms with Crippen molar-refractivity contribution in [2.75, 3.05) is 0 Å². The number of benzene rings is 2. The topological polar surface area (TPSA) is 67.8 Å². The lowest BCUT2D eigenvalue weighted by atomic mass is 9.94. The highest BCUT2D eigenvalue weighted by Gasteiger charge is 2.29. The van der Waals surface area contributed by atoms with Gasteiger partial charge in [0, 0.05) is 17.7 Å². The van der Waals surface area contributed by atoms with Gasteiger partial charge in [0.25, 0.3) is 0 Å². The molecule has 1 aliphatic heterocycles. The summed E-state index contributed by atoms with van der Waals surface area (Å²) in [6.07, 6.45) is 0. The Morgan fingerprint density at radius 2 is 1.88 bits per heavy atom. The highest BCUT2D eigenvalue weighted by atomic mass is 32.2. The van der Waals surface area contributed by atoms with Crippen molar-refractivity contribution >= 4 is 16.6 Å². The number of nitrogens with one attached hydrogen (secondary N) is 1. The second-order valence-electron chi connectivity index (χ2n) is 6.39. The molecule has 0 fully saturated rings. The molecule has 0 aliphatic carbocycles. The Bertz CT molecular complexity index is 928. The number of aryl methyl sites for hydroxylation is 1. The fraction of sp³-hybridized carbons (Fsp3) is 0.278. The Kier molecular flexibility index (Phi) is 4.62. The quantitative estimate of drug-likeness (QED) is 0.822. The molecule has 25 heavy (non-hydrogen) atoms. The van der Waals surface area contributed by atoms with Crippen LogP contribution in [0, 0.1) is 12.7 Å². The van der Waals surface area contributed by atoms with Crippen LogP contribution in [0.3, 0.4) is 0 Å². The molecular formula is C18H19FN2O3S. The van der Waals surface area contributed by atoms with E-state index in [4.69, 9.17) is 4.74 Å². The molecule has 1 heterocycles. The van der Waals surface area contributed by atoms with Crippen LogP contribution in [0.1, 0.15) is 36.1 Å². The second-order valence-corrected chi connectivity index (χ2v) is 7.22. The number of hydrogen-bond acceptors (Lipinski definition) is 4. The third-order valence-corrected chi connectivity index (χ3v) is 4.31. The molecule has 1 N–H and O–H groups in total. The van der Waals surface area contributed by atoms with Crippen LogP contribution in [0.25, 0.3) is 0 Å². The zero-order valence-electron chi connectivity index (χ0n) is 14.2. The van der Waals surface area contributed by atoms with Gasteiger partial charge in [-0.1, -0.05) is 6.07 Å². The van der Waals surface area contributed by atoms with Crippen molar-refractivity contribution in [1.29, 1.82) is 0 Å². The summed E-state index contributed by atoms with van der Waals surface area (Å²) in [5.74, 6) is 0.334. The third-order valence-electron chi connectivity index (χ3n) is 3.90. The molecule has 0 amide bonds. The van der Waals surface area contributed by atoms with E-state index in [1.165, 1.54) is 12.1 Å². The zero-order chi connectivity index (χ0) is 18.2. The molecule has 0 saturated carbocycles. The first kappa shape index (κ1) is 17.6. The molecule has 1 aliphatic rings. The fourth-order valence-corrected chi connectivity index (χ4v) is 3.14. The van der Waals surface area contributed by atoms with Gasteiger partial charge < -0.3 is 4.74 Å². The standard InChI is InChI=1S/C18H19FN2O3S/c1-11-8-13(19)5-7-14(11)17-15-6-4-12(10-20-25(22)23)9-16(15)24-18(2,3)21-17/h4-9,25H,10H2,1-3H3,(H,20,22,23). The van der Waals surface area contributed by atoms with Gasteiger partial charge in [-0.2, -0.15) is 0 Å². The van der Waals surface area contributed by atoms with Gasteiger partial charge in [0.05, 0.1) is 5.71 Å². The summed E-state index contributed by atoms with van der Waals surface area (Å²) in [5, 5.41) is 0. The van der Waals surface area contributed by atoms with Gasteiger partial charge in [-0.25, -0.2) is 22.5 Å². The van der Waals surface area contributed by atoms with Crippen LogP contribution >= 0.6 is 0 Å². The van der Waals surface area contributed by atoms with E-state index in [1.54, 1.807) is 12.1 Å². The number of thiol groups is 1. The van der Waals surface area contributed by atoms with Gasteiger partial charge in [-0.05, 0) is 62.2 Å². The maximum atomic E-state index is 13.4. The maximum absolute atomic E-state index is 13.4. The number of nitrogens with zero attached hydrogens (tertiary/aromatic N) is 1. The predicted octanol–water partition coefficient (Wildman–Crippen LogP) is 2.72. The molecule has 0 atom stereocenters. The maximum Gasteiger partial charge on any atom is 0.201 e. The summed E-state index contributed by atoms with van der Waals surface area (Å²) in [6, 6.07) is 10.1. The van der Waals surface area contributed by atoms with Crippen LogP contribution in [0.4, 0.5) is 4.39 Å². The molecule has 2 aromatic rings. The third kappa shape index (κ3) is 3.88. The fourth-order valence-electron chi connectivity index (χ4n) is 2.83. The lowest BCUT2D eigenvalue weighted by Crippen LogP contribution is -2.32. The Morgan fingerprint density at radius 1 is 1.16 bits per heavy atom. The van der Waals surface area contributed by atoms with Gasteiger partial charge in [-0.15, -0.1) is 0 Å². The van der Waals surface area contributed by atoms with Crippen LogP contribution in [-0.4, -0.2) is 19.9 Å². The predicted molar refractivity (Wildman–Crippen MR) is 95.1 cm³/mol. The largest absolute Gasteiger partial charge is 0.466 e. The second kappa shape index (κ2) is 6.57. The van der Waals surface area contributed by atoms with E-state index in [-0.39, 0.29) is 12.4 Å². The van der Waals surface area contributed by atoms with E-state index >= 15 is 0 Å². The molecule has 5 nitrogen and oxygen atoms in total. The Hall–Kier alpha value is -2.25. The summed E-state index contributed by atoms with van der Waals surface area (Å²) < 4.78 is 43.2. The minimum absolute atomic E-state index is 0.192. The van der Waals surface area contributed by atoms with Gasteiger partial charge in [0.1, 0.15) is 11.6 Å². The van der Waals surface area contributed by atoms with Gasteiger partial charge >= 0.3 is 0 Å². The molecule has 0 saturated heterocycles. The van der Waals surface area contributed by atoms with Crippen LogP contribution in [-0.2, 0) is 17.4 Å². The van der Waals surface area contributed by atoms with Crippen molar-refractivity contribution in [2.24, 2.45) is 4.99 Å². The minimum atomic E-state index is -2.66. The van der Waals surface area contributed by atoms with Crippen molar-refractivity contribution in [3.05, 3.63) is 64.5 Å². The average molecular weight is 362 g/mol. The van der Waals surface area contributed by atoms with Crippen LogP contribution in [0.2, 0.25) is 0 Å². The number of rotatable bonds is 4. The van der Waals surface area contributed by atoms with E-state index < -0.39 is 16.6 Å². The van der Waals surface area contributed by atoms with Crippen molar-refractivity contribution in [2.45, 2.75) is 33.0 Å². The van der Waals surface area contributed by atoms with Crippen molar-refractivity contribution < 1.29 is 17.5 Å². The average Bonchev–Trinajstić information content (AvgIpc) is 2.51. The molecule has 3 rings (SSSR count). The molecule has 2 aromatic carbocycles. The first-order chi connectivity index (χ1) is 11.7. The first-order valence-corrected chi connectivity index (χ1v) is 8.99. The van der Waals surface area contributed by atoms with Gasteiger partial charge in [0.15, 0.2) is 5.72 Å². The van der Waals surface area contributed by atoms with E-state index in [0.29, 0.717) is 5.75 Å². The molecule has 0 radical (unpaired) electrons. The van der Waals surface area contributed by atoms with Crippen molar-refractivity contribution in [3.8, 4) is 5.75 Å². The lowest BCUT2D eigenvalue weighted by molar-refractivity contribution is 0.115. The summed E-state index contributed by atoms with van der Waals surface area (Å²) >= 11 is 0. The molecule has 0 bridgehead atoms. The SMILES string of the molecule is Cc1cc(F)ccc1C1=NC(C)(C)Oc2cc(CN[SH](=O)=O)ccc21. The highest BCUT2D eigenvalue weighted by Crippen LogP contribution is 2.34. The van der Waals surface area contributed by atoms with Crippen molar-refractivity contribution in [3.63, 3.8) is 0 Å². The number of ether oxygens (including phenoxy) is 1. The van der Waals surface area contributed by atoms with E-state index in [9.17, 15) is 12.8 Å². The monoisotopic (exact) mass is 362 g/mol. The normalized spacial score (nSPS) is 15.5. The number of aliphatic imine (C=N–C) groups is 1. The molecule has 0 spiro atoms. The zero-order valence-corrected chi connectivity index (χ0v) is 15.1. The smallest absolute Gasteiger partial charge is 0.201 e. The lowest BCUT2D eigenvalue weighted by Gasteiger charge is -2.31. The Labute approximate surface area is 147 Å². The molecule has 7 heteroatoms. The van der Waals surface area contributed by atoms with E-state index in [0.717, 1.165) is 28.0 Å². The summed E-state index contributed by atoms with van der Waals surface area (Å²) in [6.45, 7) is 5.71. The number of hydrogen-bond donors (Lipinski definition) is 2. The first-order valence-electron chi connectivity index (χ1n) is 7.82. The Balaban J connectivity index is 2.07. The van der Waals surface area contributed by atoms with E-state index in [1.807, 2.05) is 32.9 Å².